The minimum atomic E-state index is 0.580. The lowest BCUT2D eigenvalue weighted by atomic mass is 10.0. The predicted molar refractivity (Wildman–Crippen MR) is 73.2 cm³/mol. The number of nitrogens with zero attached hydrogens (tertiary/aromatic N) is 1. The molecule has 0 amide bonds. The fraction of sp³-hybridized carbons (Fsp3) is 0.312. The molecule has 0 saturated heterocycles. The molecular formula is C16H19N. The number of hydrogen-bond acceptors (Lipinski definition) is 1. The summed E-state index contributed by atoms with van der Waals surface area (Å²) in [5.74, 6) is 0.580. The zero-order chi connectivity index (χ0) is 12.4. The van der Waals surface area contributed by atoms with Gasteiger partial charge in [-0.2, -0.15) is 0 Å². The van der Waals surface area contributed by atoms with Crippen molar-refractivity contribution < 1.29 is 0 Å². The van der Waals surface area contributed by atoms with Gasteiger partial charge < -0.3 is 0 Å². The van der Waals surface area contributed by atoms with Crippen molar-refractivity contribution in [3.8, 4) is 11.3 Å². The molecule has 0 unspecified atom stereocenters. The van der Waals surface area contributed by atoms with Gasteiger partial charge in [-0.3, -0.25) is 4.98 Å². The van der Waals surface area contributed by atoms with E-state index in [-0.39, 0.29) is 0 Å². The van der Waals surface area contributed by atoms with Crippen LogP contribution in [-0.4, -0.2) is 4.98 Å². The molecule has 2 rings (SSSR count). The Labute approximate surface area is 104 Å². The van der Waals surface area contributed by atoms with E-state index < -0.39 is 0 Å². The van der Waals surface area contributed by atoms with Crippen LogP contribution in [0.3, 0.4) is 0 Å². The first-order valence-electron chi connectivity index (χ1n) is 6.12. The topological polar surface area (TPSA) is 12.9 Å². The molecule has 1 nitrogen and oxygen atoms in total. The van der Waals surface area contributed by atoms with Gasteiger partial charge in [-0.05, 0) is 37.0 Å². The number of aromatic nitrogens is 1. The number of hydrogen-bond donors (Lipinski definition) is 0. The Balaban J connectivity index is 2.36. The van der Waals surface area contributed by atoms with Crippen molar-refractivity contribution in [1.29, 1.82) is 0 Å². The van der Waals surface area contributed by atoms with Crippen molar-refractivity contribution in [3.05, 3.63) is 53.2 Å². The van der Waals surface area contributed by atoms with Crippen LogP contribution < -0.4 is 0 Å². The summed E-state index contributed by atoms with van der Waals surface area (Å²) in [6, 6.07) is 12.9. The minimum Gasteiger partial charge on any atom is -0.253 e. The average Bonchev–Trinajstić information content (AvgIpc) is 2.33. The van der Waals surface area contributed by atoms with Crippen LogP contribution in [0.5, 0.6) is 0 Å². The Kier molecular flexibility index (Phi) is 3.28. The first-order valence-corrected chi connectivity index (χ1v) is 6.12. The summed E-state index contributed by atoms with van der Waals surface area (Å²) in [6.07, 6.45) is 0. The molecule has 1 aromatic heterocycles. The molecule has 88 valence electrons. The summed E-state index contributed by atoms with van der Waals surface area (Å²) in [7, 11) is 0. The lowest BCUT2D eigenvalue weighted by Crippen LogP contribution is -1.91. The largest absolute Gasteiger partial charge is 0.253 e. The molecule has 0 N–H and O–H groups in total. The third kappa shape index (κ3) is 2.55. The number of aryl methyl sites for hydroxylation is 2. The van der Waals surface area contributed by atoms with Gasteiger partial charge in [0.15, 0.2) is 0 Å². The predicted octanol–water partition coefficient (Wildman–Crippen LogP) is 4.49. The van der Waals surface area contributed by atoms with Crippen LogP contribution in [-0.2, 0) is 0 Å². The van der Waals surface area contributed by atoms with Crippen molar-refractivity contribution in [3.63, 3.8) is 0 Å². The second-order valence-corrected chi connectivity index (χ2v) is 4.88. The van der Waals surface area contributed by atoms with Gasteiger partial charge in [0, 0.05) is 11.3 Å². The molecule has 0 aliphatic carbocycles. The third-order valence-corrected chi connectivity index (χ3v) is 3.22. The fourth-order valence-corrected chi connectivity index (χ4v) is 1.83. The molecule has 1 heteroatoms. The Hall–Kier alpha value is -1.63. The van der Waals surface area contributed by atoms with Crippen LogP contribution >= 0.6 is 0 Å². The van der Waals surface area contributed by atoms with Crippen LogP contribution in [0.1, 0.15) is 36.6 Å². The van der Waals surface area contributed by atoms with Gasteiger partial charge in [0.1, 0.15) is 0 Å². The Bertz CT molecular complexity index is 510. The van der Waals surface area contributed by atoms with Crippen LogP contribution in [0.4, 0.5) is 0 Å². The van der Waals surface area contributed by atoms with Crippen LogP contribution in [0, 0.1) is 13.8 Å². The van der Waals surface area contributed by atoms with Crippen molar-refractivity contribution >= 4 is 0 Å². The van der Waals surface area contributed by atoms with E-state index in [1.54, 1.807) is 0 Å². The highest BCUT2D eigenvalue weighted by molar-refractivity contribution is 5.60. The highest BCUT2D eigenvalue weighted by Crippen LogP contribution is 2.22. The summed E-state index contributed by atoms with van der Waals surface area (Å²) in [5.41, 5.74) is 5.97. The van der Waals surface area contributed by atoms with E-state index in [1.165, 1.54) is 16.7 Å². The van der Waals surface area contributed by atoms with Gasteiger partial charge >= 0.3 is 0 Å². The van der Waals surface area contributed by atoms with Crippen molar-refractivity contribution in [2.45, 2.75) is 33.6 Å². The average molecular weight is 225 g/mol. The molecule has 0 saturated carbocycles. The first-order chi connectivity index (χ1) is 8.08. The second kappa shape index (κ2) is 4.70. The van der Waals surface area contributed by atoms with Gasteiger partial charge in [-0.1, -0.05) is 44.2 Å². The standard InChI is InChI=1S/C16H19N/c1-11(2)14-6-8-15(9-7-14)16-10-5-12(3)13(4)17-16/h5-11H,1-4H3. The van der Waals surface area contributed by atoms with Crippen molar-refractivity contribution in [1.82, 2.24) is 4.98 Å². The fourth-order valence-electron chi connectivity index (χ4n) is 1.83. The summed E-state index contributed by atoms with van der Waals surface area (Å²) in [5, 5.41) is 0. The van der Waals surface area contributed by atoms with E-state index >= 15 is 0 Å². The molecule has 0 aliphatic rings. The first kappa shape index (κ1) is 11.8. The quantitative estimate of drug-likeness (QED) is 0.734. The maximum atomic E-state index is 4.62. The summed E-state index contributed by atoms with van der Waals surface area (Å²) < 4.78 is 0. The Morgan fingerprint density at radius 1 is 0.882 bits per heavy atom. The van der Waals surface area contributed by atoms with Gasteiger partial charge in [0.2, 0.25) is 0 Å². The van der Waals surface area contributed by atoms with Crippen LogP contribution in [0.2, 0.25) is 0 Å². The van der Waals surface area contributed by atoms with Gasteiger partial charge in [0.25, 0.3) is 0 Å². The van der Waals surface area contributed by atoms with E-state index in [2.05, 4.69) is 69.1 Å². The van der Waals surface area contributed by atoms with E-state index in [0.717, 1.165) is 11.4 Å². The molecule has 0 bridgehead atoms. The normalized spacial score (nSPS) is 10.9. The molecule has 0 aliphatic heterocycles. The number of pyridine rings is 1. The molecule has 0 atom stereocenters. The molecule has 0 fully saturated rings. The minimum absolute atomic E-state index is 0.580. The lowest BCUT2D eigenvalue weighted by Gasteiger charge is -2.08. The molecule has 2 aromatic rings. The van der Waals surface area contributed by atoms with E-state index in [9.17, 15) is 0 Å². The maximum absolute atomic E-state index is 4.62. The van der Waals surface area contributed by atoms with Gasteiger partial charge in [-0.15, -0.1) is 0 Å². The van der Waals surface area contributed by atoms with E-state index in [1.807, 2.05) is 0 Å². The molecule has 17 heavy (non-hydrogen) atoms. The highest BCUT2D eigenvalue weighted by Gasteiger charge is 2.03. The van der Waals surface area contributed by atoms with Crippen LogP contribution in [0.15, 0.2) is 36.4 Å². The van der Waals surface area contributed by atoms with E-state index in [0.29, 0.717) is 5.92 Å². The van der Waals surface area contributed by atoms with Gasteiger partial charge in [0.05, 0.1) is 5.69 Å². The Morgan fingerprint density at radius 3 is 2.06 bits per heavy atom. The number of benzene rings is 1. The zero-order valence-corrected chi connectivity index (χ0v) is 11.0. The molecule has 1 aromatic carbocycles. The number of rotatable bonds is 2. The molecule has 0 radical (unpaired) electrons. The summed E-state index contributed by atoms with van der Waals surface area (Å²) in [6.45, 7) is 8.57. The molecular weight excluding hydrogens is 206 g/mol. The molecule has 1 heterocycles. The smallest absolute Gasteiger partial charge is 0.0705 e. The second-order valence-electron chi connectivity index (χ2n) is 4.88. The Morgan fingerprint density at radius 2 is 1.53 bits per heavy atom. The van der Waals surface area contributed by atoms with Crippen LogP contribution in [0.25, 0.3) is 11.3 Å². The third-order valence-electron chi connectivity index (χ3n) is 3.22. The zero-order valence-electron chi connectivity index (χ0n) is 11.0. The van der Waals surface area contributed by atoms with Gasteiger partial charge in [-0.25, -0.2) is 0 Å². The molecule has 0 spiro atoms. The van der Waals surface area contributed by atoms with Crippen molar-refractivity contribution in [2.24, 2.45) is 0 Å². The SMILES string of the molecule is Cc1ccc(-c2ccc(C(C)C)cc2)nc1C. The summed E-state index contributed by atoms with van der Waals surface area (Å²) in [4.78, 5) is 4.62. The summed E-state index contributed by atoms with van der Waals surface area (Å²) >= 11 is 0. The maximum Gasteiger partial charge on any atom is 0.0705 e. The van der Waals surface area contributed by atoms with E-state index in [4.69, 9.17) is 0 Å². The lowest BCUT2D eigenvalue weighted by molar-refractivity contribution is 0.867. The monoisotopic (exact) mass is 225 g/mol. The van der Waals surface area contributed by atoms with Crippen molar-refractivity contribution in [2.75, 3.05) is 0 Å². The highest BCUT2D eigenvalue weighted by atomic mass is 14.7.